The van der Waals surface area contributed by atoms with Gasteiger partial charge >= 0.3 is 17.9 Å². The minimum Gasteiger partial charge on any atom is -0.480 e. The second-order valence-electron chi connectivity index (χ2n) is 6.77. The van der Waals surface area contributed by atoms with Crippen molar-refractivity contribution < 1.29 is 29.7 Å². The number of aliphatic carboxylic acids is 3. The number of allylic oxidation sites excluding steroid dienone is 11. The fourth-order valence-corrected chi connectivity index (χ4v) is 2.05. The largest absolute Gasteiger partial charge is 0.480 e. The summed E-state index contributed by atoms with van der Waals surface area (Å²) in [6.45, 7) is 1.70. The van der Waals surface area contributed by atoms with E-state index in [4.69, 9.17) is 15.3 Å². The summed E-state index contributed by atoms with van der Waals surface area (Å²) in [4.78, 5) is 28.7. The maximum atomic E-state index is 10.2. The highest BCUT2D eigenvalue weighted by molar-refractivity contribution is 5.80. The van der Waals surface area contributed by atoms with Gasteiger partial charge in [0.25, 0.3) is 0 Å². The number of unbranched alkanes of at least 4 members (excludes halogenated alkanes) is 7. The first kappa shape index (κ1) is 35.4. The highest BCUT2D eigenvalue weighted by atomic mass is 16.4. The van der Waals surface area contributed by atoms with Gasteiger partial charge in [0, 0.05) is 6.08 Å². The Balaban J connectivity index is -0.000000799. The van der Waals surface area contributed by atoms with Crippen LogP contribution in [0.3, 0.4) is 0 Å². The third kappa shape index (κ3) is 46.8. The van der Waals surface area contributed by atoms with E-state index < -0.39 is 17.9 Å². The monoisotopic (exact) mass is 478 g/mol. The van der Waals surface area contributed by atoms with Crippen LogP contribution in [0.25, 0.3) is 0 Å². The molecule has 192 valence electrons. The first-order chi connectivity index (χ1) is 16.3. The van der Waals surface area contributed by atoms with Crippen molar-refractivity contribution in [3.8, 4) is 0 Å². The molecular weight excluding hydrogens is 436 g/mol. The Hall–Kier alpha value is -3.23. The van der Waals surface area contributed by atoms with Crippen molar-refractivity contribution in [3.63, 3.8) is 0 Å². The maximum Gasteiger partial charge on any atom is 0.328 e. The normalized spacial score (nSPS) is 11.4. The van der Waals surface area contributed by atoms with Gasteiger partial charge in [0.2, 0.25) is 0 Å². The van der Waals surface area contributed by atoms with Crippen LogP contribution in [0.15, 0.2) is 72.9 Å². The molecule has 0 aromatic rings. The summed E-state index contributed by atoms with van der Waals surface area (Å²) >= 11 is 0. The van der Waals surface area contributed by atoms with Crippen molar-refractivity contribution in [2.75, 3.05) is 13.1 Å². The minimum atomic E-state index is -0.968. The predicted octanol–water partition coefficient (Wildman–Crippen LogP) is 4.61. The van der Waals surface area contributed by atoms with E-state index in [2.05, 4.69) is 30.5 Å². The average molecular weight is 479 g/mol. The highest BCUT2D eigenvalue weighted by Gasteiger charge is 1.88. The summed E-state index contributed by atoms with van der Waals surface area (Å²) in [5.74, 6) is -2.87. The lowest BCUT2D eigenvalue weighted by atomic mass is 10.1. The Labute approximate surface area is 203 Å². The van der Waals surface area contributed by atoms with Crippen molar-refractivity contribution >= 4 is 17.9 Å². The van der Waals surface area contributed by atoms with Crippen LogP contribution in [-0.4, -0.2) is 46.3 Å². The molecule has 0 heterocycles. The Morgan fingerprint density at radius 1 is 0.588 bits per heavy atom. The second kappa shape index (κ2) is 32.0. The van der Waals surface area contributed by atoms with Crippen LogP contribution < -0.4 is 11.5 Å². The van der Waals surface area contributed by atoms with Crippen molar-refractivity contribution in [2.45, 2.75) is 58.3 Å². The molecule has 0 saturated heterocycles. The van der Waals surface area contributed by atoms with Crippen LogP contribution >= 0.6 is 0 Å². The molecule has 0 rings (SSSR count). The number of carboxylic acid groups (broad SMARTS) is 3. The van der Waals surface area contributed by atoms with Crippen molar-refractivity contribution in [2.24, 2.45) is 11.5 Å². The van der Waals surface area contributed by atoms with Gasteiger partial charge in [-0.3, -0.25) is 9.59 Å². The molecule has 0 aliphatic carbocycles. The van der Waals surface area contributed by atoms with E-state index in [-0.39, 0.29) is 13.1 Å². The summed E-state index contributed by atoms with van der Waals surface area (Å²) in [7, 11) is 0. The molecule has 0 aromatic heterocycles. The summed E-state index contributed by atoms with van der Waals surface area (Å²) in [5.41, 5.74) is 9.14. The quantitative estimate of drug-likeness (QED) is 0.122. The van der Waals surface area contributed by atoms with Crippen LogP contribution in [0.2, 0.25) is 0 Å². The number of hydrogen-bond donors (Lipinski definition) is 5. The lowest BCUT2D eigenvalue weighted by molar-refractivity contribution is -0.136. The van der Waals surface area contributed by atoms with Crippen molar-refractivity contribution in [1.29, 1.82) is 0 Å². The lowest BCUT2D eigenvalue weighted by Gasteiger charge is -1.98. The Morgan fingerprint density at radius 2 is 0.941 bits per heavy atom. The molecule has 0 saturated carbocycles. The summed E-state index contributed by atoms with van der Waals surface area (Å²) in [6.07, 6.45) is 32.7. The first-order valence-electron chi connectivity index (χ1n) is 11.4. The fourth-order valence-electron chi connectivity index (χ4n) is 2.05. The zero-order valence-corrected chi connectivity index (χ0v) is 20.2. The molecule has 0 radical (unpaired) electrons. The molecule has 0 aliphatic rings. The second-order valence-corrected chi connectivity index (χ2v) is 6.77. The molecule has 0 fully saturated rings. The number of carboxylic acids is 3. The molecule has 0 unspecified atom stereocenters. The van der Waals surface area contributed by atoms with Crippen molar-refractivity contribution in [3.05, 3.63) is 72.9 Å². The van der Waals surface area contributed by atoms with E-state index in [9.17, 15) is 14.4 Å². The third-order valence-corrected chi connectivity index (χ3v) is 3.70. The summed E-state index contributed by atoms with van der Waals surface area (Å²) < 4.78 is 0. The topological polar surface area (TPSA) is 164 Å². The molecule has 0 atom stereocenters. The minimum absolute atomic E-state index is 0.278. The van der Waals surface area contributed by atoms with Gasteiger partial charge in [0.15, 0.2) is 0 Å². The Bertz CT molecular complexity index is 663. The summed E-state index contributed by atoms with van der Waals surface area (Å²) in [6, 6.07) is 0. The standard InChI is InChI=1S/C22H32O2.2C2H5NO2/c1-2-3-4-5-6-7-8-9-10-11-12-13-14-15-16-17-18-19-20-21-22(23)24;2*3-1-2(4)5/h10-21H,2-9H2,1H3,(H,23,24);2*1,3H2,(H,4,5). The van der Waals surface area contributed by atoms with Gasteiger partial charge in [-0.25, -0.2) is 4.79 Å². The number of rotatable bonds is 16. The molecule has 0 amide bonds. The van der Waals surface area contributed by atoms with Crippen LogP contribution in [0, 0.1) is 0 Å². The molecule has 7 N–H and O–H groups in total. The van der Waals surface area contributed by atoms with Crippen LogP contribution in [-0.2, 0) is 14.4 Å². The van der Waals surface area contributed by atoms with E-state index >= 15 is 0 Å². The van der Waals surface area contributed by atoms with E-state index in [0.29, 0.717) is 0 Å². The molecule has 8 heteroatoms. The third-order valence-electron chi connectivity index (χ3n) is 3.70. The van der Waals surface area contributed by atoms with Gasteiger partial charge in [-0.05, 0) is 12.8 Å². The van der Waals surface area contributed by atoms with Gasteiger partial charge in [0.1, 0.15) is 0 Å². The molecule has 8 nitrogen and oxygen atoms in total. The number of carbonyl (C=O) groups is 3. The van der Waals surface area contributed by atoms with Crippen LogP contribution in [0.1, 0.15) is 58.3 Å². The smallest absolute Gasteiger partial charge is 0.328 e. The number of nitrogens with two attached hydrogens (primary N) is 2. The molecule has 0 bridgehead atoms. The van der Waals surface area contributed by atoms with Gasteiger partial charge < -0.3 is 26.8 Å². The van der Waals surface area contributed by atoms with Crippen molar-refractivity contribution in [1.82, 2.24) is 0 Å². The van der Waals surface area contributed by atoms with E-state index in [1.165, 1.54) is 51.0 Å². The lowest BCUT2D eigenvalue weighted by Crippen LogP contribution is -2.10. The zero-order valence-electron chi connectivity index (χ0n) is 20.2. The van der Waals surface area contributed by atoms with E-state index in [1.54, 1.807) is 12.2 Å². The molecule has 0 spiro atoms. The molecule has 0 aromatic carbocycles. The van der Waals surface area contributed by atoms with E-state index in [0.717, 1.165) is 12.5 Å². The maximum absolute atomic E-state index is 10.2. The highest BCUT2D eigenvalue weighted by Crippen LogP contribution is 2.08. The van der Waals surface area contributed by atoms with Gasteiger partial charge in [-0.2, -0.15) is 0 Å². The fraction of sp³-hybridized carbons (Fsp3) is 0.423. The zero-order chi connectivity index (χ0) is 26.3. The summed E-state index contributed by atoms with van der Waals surface area (Å²) in [5, 5.41) is 23.6. The van der Waals surface area contributed by atoms with Crippen LogP contribution in [0.5, 0.6) is 0 Å². The number of hydrogen-bond acceptors (Lipinski definition) is 5. The molecular formula is C26H42N2O6. The Kier molecular flexibility index (Phi) is 33.2. The first-order valence-corrected chi connectivity index (χ1v) is 11.4. The average Bonchev–Trinajstić information content (AvgIpc) is 2.81. The Morgan fingerprint density at radius 3 is 1.32 bits per heavy atom. The molecule has 0 aliphatic heterocycles. The molecule has 34 heavy (non-hydrogen) atoms. The van der Waals surface area contributed by atoms with Gasteiger partial charge in [-0.1, -0.05) is 112 Å². The van der Waals surface area contributed by atoms with E-state index in [1.807, 2.05) is 36.5 Å². The predicted molar refractivity (Wildman–Crippen MR) is 138 cm³/mol. The van der Waals surface area contributed by atoms with Crippen LogP contribution in [0.4, 0.5) is 0 Å². The SMILES string of the molecule is CCCCCCCCCC=CC=CC=CC=CC=CC=CC(=O)O.NCC(=O)O.NCC(=O)O. The van der Waals surface area contributed by atoms with Gasteiger partial charge in [0.05, 0.1) is 13.1 Å². The van der Waals surface area contributed by atoms with Gasteiger partial charge in [-0.15, -0.1) is 0 Å².